The summed E-state index contributed by atoms with van der Waals surface area (Å²) in [6, 6.07) is 3.94. The first kappa shape index (κ1) is 12.3. The zero-order chi connectivity index (χ0) is 11.4. The number of aryl methyl sites for hydroxylation is 2. The molecule has 0 N–H and O–H groups in total. The van der Waals surface area contributed by atoms with Crippen LogP contribution in [0.2, 0.25) is 5.02 Å². The fourth-order valence-corrected chi connectivity index (χ4v) is 1.48. The highest BCUT2D eigenvalue weighted by Gasteiger charge is 2.04. The molecule has 0 spiro atoms. The fourth-order valence-electron chi connectivity index (χ4n) is 1.20. The molecule has 15 heavy (non-hydrogen) atoms. The summed E-state index contributed by atoms with van der Waals surface area (Å²) < 4.78 is 5.61. The molecule has 0 heterocycles. The van der Waals surface area contributed by atoms with E-state index in [1.807, 2.05) is 33.2 Å². The van der Waals surface area contributed by atoms with E-state index in [1.54, 1.807) is 0 Å². The minimum Gasteiger partial charge on any atom is -0.491 e. The van der Waals surface area contributed by atoms with Gasteiger partial charge in [-0.3, -0.25) is 0 Å². The highest BCUT2D eigenvalue weighted by Crippen LogP contribution is 2.27. The van der Waals surface area contributed by atoms with Gasteiger partial charge in [-0.05, 0) is 51.2 Å². The molecule has 0 aliphatic rings. The molecule has 2 nitrogen and oxygen atoms in total. The van der Waals surface area contributed by atoms with Gasteiger partial charge < -0.3 is 9.64 Å². The van der Waals surface area contributed by atoms with E-state index in [0.29, 0.717) is 11.6 Å². The molecule has 0 saturated heterocycles. The Morgan fingerprint density at radius 3 is 2.40 bits per heavy atom. The fraction of sp³-hybridized carbons (Fsp3) is 0.500. The first-order chi connectivity index (χ1) is 7.00. The van der Waals surface area contributed by atoms with Gasteiger partial charge in [-0.25, -0.2) is 0 Å². The van der Waals surface area contributed by atoms with Crippen LogP contribution in [-0.2, 0) is 0 Å². The van der Waals surface area contributed by atoms with Crippen molar-refractivity contribution in [1.29, 1.82) is 0 Å². The largest absolute Gasteiger partial charge is 0.491 e. The molecular formula is C12H18ClNO. The Morgan fingerprint density at radius 1 is 1.20 bits per heavy atom. The number of halogens is 1. The van der Waals surface area contributed by atoms with Gasteiger partial charge >= 0.3 is 0 Å². The number of nitrogens with zero attached hydrogens (tertiary/aromatic N) is 1. The van der Waals surface area contributed by atoms with E-state index in [2.05, 4.69) is 11.8 Å². The summed E-state index contributed by atoms with van der Waals surface area (Å²) in [4.78, 5) is 2.08. The van der Waals surface area contributed by atoms with Crippen molar-refractivity contribution in [3.05, 3.63) is 28.3 Å². The molecule has 84 valence electrons. The Kier molecular flexibility index (Phi) is 4.43. The Bertz CT molecular complexity index is 337. The zero-order valence-electron chi connectivity index (χ0n) is 9.80. The van der Waals surface area contributed by atoms with Gasteiger partial charge in [0.1, 0.15) is 12.4 Å². The molecule has 0 atom stereocenters. The first-order valence-electron chi connectivity index (χ1n) is 5.05. The summed E-state index contributed by atoms with van der Waals surface area (Å²) in [5, 5.41) is 0.692. The molecule has 0 fully saturated rings. The molecule has 3 heteroatoms. The van der Waals surface area contributed by atoms with Crippen molar-refractivity contribution in [1.82, 2.24) is 4.90 Å². The van der Waals surface area contributed by atoms with E-state index in [1.165, 1.54) is 11.1 Å². The highest BCUT2D eigenvalue weighted by atomic mass is 35.5. The van der Waals surface area contributed by atoms with Gasteiger partial charge in [0, 0.05) is 6.54 Å². The summed E-state index contributed by atoms with van der Waals surface area (Å²) >= 11 is 6.08. The first-order valence-corrected chi connectivity index (χ1v) is 5.43. The van der Waals surface area contributed by atoms with Crippen LogP contribution in [-0.4, -0.2) is 32.1 Å². The van der Waals surface area contributed by atoms with Crippen LogP contribution in [0.15, 0.2) is 12.1 Å². The van der Waals surface area contributed by atoms with Crippen molar-refractivity contribution in [3.8, 4) is 5.75 Å². The van der Waals surface area contributed by atoms with Crippen LogP contribution in [0.1, 0.15) is 11.1 Å². The number of hydrogen-bond donors (Lipinski definition) is 0. The van der Waals surface area contributed by atoms with E-state index in [9.17, 15) is 0 Å². The second kappa shape index (κ2) is 5.38. The molecule has 1 aromatic rings. The van der Waals surface area contributed by atoms with Crippen LogP contribution in [0.4, 0.5) is 0 Å². The SMILES string of the molecule is Cc1cc(Cl)c(OCCN(C)C)cc1C. The quantitative estimate of drug-likeness (QED) is 0.785. The number of likely N-dealkylation sites (N-methyl/N-ethyl adjacent to an activating group) is 1. The lowest BCUT2D eigenvalue weighted by Crippen LogP contribution is -2.19. The molecule has 0 radical (unpaired) electrons. The Labute approximate surface area is 96.8 Å². The minimum atomic E-state index is 0.662. The van der Waals surface area contributed by atoms with Crippen molar-refractivity contribution < 1.29 is 4.74 Å². The van der Waals surface area contributed by atoms with E-state index in [4.69, 9.17) is 16.3 Å². The predicted octanol–water partition coefficient (Wildman–Crippen LogP) is 2.90. The number of hydrogen-bond acceptors (Lipinski definition) is 2. The maximum atomic E-state index is 6.08. The Hall–Kier alpha value is -0.730. The standard InChI is InChI=1S/C12H18ClNO/c1-9-7-11(13)12(8-10(9)2)15-6-5-14(3)4/h7-8H,5-6H2,1-4H3. The third kappa shape index (κ3) is 3.73. The molecule has 0 aliphatic carbocycles. The van der Waals surface area contributed by atoms with Gasteiger partial charge in [0.2, 0.25) is 0 Å². The van der Waals surface area contributed by atoms with Crippen LogP contribution >= 0.6 is 11.6 Å². The van der Waals surface area contributed by atoms with Crippen molar-refractivity contribution in [2.75, 3.05) is 27.2 Å². The topological polar surface area (TPSA) is 12.5 Å². The molecule has 0 aromatic heterocycles. The van der Waals surface area contributed by atoms with Crippen molar-refractivity contribution in [2.24, 2.45) is 0 Å². The average molecular weight is 228 g/mol. The van der Waals surface area contributed by atoms with Crippen LogP contribution in [0.5, 0.6) is 5.75 Å². The molecule has 1 aromatic carbocycles. The van der Waals surface area contributed by atoms with Crippen molar-refractivity contribution >= 4 is 11.6 Å². The average Bonchev–Trinajstić information content (AvgIpc) is 2.13. The Morgan fingerprint density at radius 2 is 1.80 bits per heavy atom. The third-order valence-electron chi connectivity index (χ3n) is 2.34. The lowest BCUT2D eigenvalue weighted by atomic mass is 10.1. The molecule has 0 amide bonds. The summed E-state index contributed by atoms with van der Waals surface area (Å²) in [5.41, 5.74) is 2.40. The third-order valence-corrected chi connectivity index (χ3v) is 2.64. The molecule has 0 aliphatic heterocycles. The lowest BCUT2D eigenvalue weighted by Gasteiger charge is -2.13. The van der Waals surface area contributed by atoms with Crippen LogP contribution in [0.3, 0.4) is 0 Å². The lowest BCUT2D eigenvalue weighted by molar-refractivity contribution is 0.261. The summed E-state index contributed by atoms with van der Waals surface area (Å²) in [6.45, 7) is 5.66. The van der Waals surface area contributed by atoms with Gasteiger partial charge in [-0.1, -0.05) is 11.6 Å². The number of benzene rings is 1. The van der Waals surface area contributed by atoms with Gasteiger partial charge in [0.05, 0.1) is 5.02 Å². The molecular weight excluding hydrogens is 210 g/mol. The molecule has 1 rings (SSSR count). The van der Waals surface area contributed by atoms with Gasteiger partial charge in [-0.2, -0.15) is 0 Å². The number of ether oxygens (including phenoxy) is 1. The molecule has 0 unspecified atom stereocenters. The van der Waals surface area contributed by atoms with E-state index in [0.717, 1.165) is 12.3 Å². The summed E-state index contributed by atoms with van der Waals surface area (Å²) in [7, 11) is 4.04. The van der Waals surface area contributed by atoms with Gasteiger partial charge in [0.25, 0.3) is 0 Å². The van der Waals surface area contributed by atoms with Crippen LogP contribution in [0.25, 0.3) is 0 Å². The monoisotopic (exact) mass is 227 g/mol. The predicted molar refractivity (Wildman–Crippen MR) is 65.0 cm³/mol. The molecule has 0 saturated carbocycles. The molecule has 0 bridgehead atoms. The normalized spacial score (nSPS) is 10.8. The second-order valence-corrected chi connectivity index (χ2v) is 4.43. The summed E-state index contributed by atoms with van der Waals surface area (Å²) in [6.07, 6.45) is 0. The highest BCUT2D eigenvalue weighted by molar-refractivity contribution is 6.32. The number of rotatable bonds is 4. The maximum absolute atomic E-state index is 6.08. The van der Waals surface area contributed by atoms with Crippen molar-refractivity contribution in [3.63, 3.8) is 0 Å². The van der Waals surface area contributed by atoms with Crippen LogP contribution < -0.4 is 4.74 Å². The van der Waals surface area contributed by atoms with Gasteiger partial charge in [-0.15, -0.1) is 0 Å². The van der Waals surface area contributed by atoms with E-state index in [-0.39, 0.29) is 0 Å². The van der Waals surface area contributed by atoms with E-state index >= 15 is 0 Å². The van der Waals surface area contributed by atoms with Crippen molar-refractivity contribution in [2.45, 2.75) is 13.8 Å². The summed E-state index contributed by atoms with van der Waals surface area (Å²) in [5.74, 6) is 0.779. The van der Waals surface area contributed by atoms with Crippen LogP contribution in [0, 0.1) is 13.8 Å². The minimum absolute atomic E-state index is 0.662. The smallest absolute Gasteiger partial charge is 0.138 e. The second-order valence-electron chi connectivity index (χ2n) is 4.02. The zero-order valence-corrected chi connectivity index (χ0v) is 10.6. The van der Waals surface area contributed by atoms with Gasteiger partial charge in [0.15, 0.2) is 0 Å². The Balaban J connectivity index is 2.65. The maximum Gasteiger partial charge on any atom is 0.138 e. The van der Waals surface area contributed by atoms with E-state index < -0.39 is 0 Å².